The molecule has 22 heavy (non-hydrogen) atoms. The molecule has 0 atom stereocenters. The van der Waals surface area contributed by atoms with Gasteiger partial charge in [-0.05, 0) is 18.2 Å². The van der Waals surface area contributed by atoms with Gasteiger partial charge in [0.2, 0.25) is 0 Å². The van der Waals surface area contributed by atoms with Crippen LogP contribution in [0.3, 0.4) is 0 Å². The highest BCUT2D eigenvalue weighted by Crippen LogP contribution is 2.24. The predicted molar refractivity (Wildman–Crippen MR) is 90.2 cm³/mol. The van der Waals surface area contributed by atoms with E-state index in [0.717, 1.165) is 0 Å². The molecule has 1 amide bonds. The van der Waals surface area contributed by atoms with Crippen LogP contribution in [0.5, 0.6) is 0 Å². The summed E-state index contributed by atoms with van der Waals surface area (Å²) in [5.41, 5.74) is 6.64. The summed E-state index contributed by atoms with van der Waals surface area (Å²) in [6.07, 6.45) is 4.49. The predicted octanol–water partition coefficient (Wildman–Crippen LogP) is 2.94. The van der Waals surface area contributed by atoms with Crippen molar-refractivity contribution in [2.45, 2.75) is 0 Å². The lowest BCUT2D eigenvalue weighted by atomic mass is 10.2. The second kappa shape index (κ2) is 8.55. The summed E-state index contributed by atoms with van der Waals surface area (Å²) in [6.45, 7) is 7.83. The van der Waals surface area contributed by atoms with E-state index in [9.17, 15) is 4.79 Å². The van der Waals surface area contributed by atoms with E-state index in [4.69, 9.17) is 22.6 Å². The first-order valence-electron chi connectivity index (χ1n) is 6.46. The smallest absolute Gasteiger partial charge is 0.266 e. The first-order valence-corrected chi connectivity index (χ1v) is 6.84. The minimum atomic E-state index is -0.415. The number of hydrogen-bond donors (Lipinski definition) is 2. The lowest BCUT2D eigenvalue weighted by Gasteiger charge is -2.18. The van der Waals surface area contributed by atoms with E-state index in [0.29, 0.717) is 29.5 Å². The summed E-state index contributed by atoms with van der Waals surface area (Å²) in [6, 6.07) is 6.78. The van der Waals surface area contributed by atoms with E-state index >= 15 is 0 Å². The van der Waals surface area contributed by atoms with Gasteiger partial charge in [0.25, 0.3) is 5.91 Å². The van der Waals surface area contributed by atoms with Gasteiger partial charge in [0.05, 0.1) is 10.7 Å². The molecule has 1 aromatic carbocycles. The third kappa shape index (κ3) is 4.69. The highest BCUT2D eigenvalue weighted by Gasteiger charge is 2.16. The molecule has 0 aliphatic carbocycles. The van der Waals surface area contributed by atoms with Crippen molar-refractivity contribution < 1.29 is 4.79 Å². The molecular weight excluding hydrogens is 300 g/mol. The van der Waals surface area contributed by atoms with Gasteiger partial charge in [-0.1, -0.05) is 23.8 Å². The number of benzene rings is 1. The Bertz CT molecular complexity index is 636. The molecule has 0 aromatic heterocycles. The Balaban J connectivity index is 2.94. The molecule has 0 radical (unpaired) electrons. The highest BCUT2D eigenvalue weighted by molar-refractivity contribution is 6.33. The van der Waals surface area contributed by atoms with Crippen LogP contribution in [0.25, 0.3) is 0 Å². The summed E-state index contributed by atoms with van der Waals surface area (Å²) in [4.78, 5) is 13.7. The van der Waals surface area contributed by atoms with Crippen molar-refractivity contribution in [3.63, 3.8) is 0 Å². The number of nitrogens with one attached hydrogen (secondary N) is 1. The fourth-order valence-corrected chi connectivity index (χ4v) is 1.91. The van der Waals surface area contributed by atoms with Gasteiger partial charge in [0, 0.05) is 25.0 Å². The second-order valence-electron chi connectivity index (χ2n) is 4.34. The van der Waals surface area contributed by atoms with E-state index in [1.165, 1.54) is 11.1 Å². The van der Waals surface area contributed by atoms with E-state index in [-0.39, 0.29) is 5.57 Å². The van der Waals surface area contributed by atoms with Crippen LogP contribution in [0.1, 0.15) is 0 Å². The Hall–Kier alpha value is -2.71. The monoisotopic (exact) mass is 316 g/mol. The molecule has 0 saturated heterocycles. The standard InChI is InChI=1S/C16H17ClN4O/c1-3-7-21(8-4-2)16(22)12(10-18)11-20-15-6-5-13(19)9-14(15)17/h3-6,9,11,20H,1-2,7-8,19H2/b12-11-. The molecule has 0 unspecified atom stereocenters. The molecule has 1 aromatic rings. The molecule has 0 bridgehead atoms. The minimum Gasteiger partial charge on any atom is -0.399 e. The van der Waals surface area contributed by atoms with E-state index < -0.39 is 5.91 Å². The van der Waals surface area contributed by atoms with Gasteiger partial charge in [-0.2, -0.15) is 5.26 Å². The topological polar surface area (TPSA) is 82.2 Å². The molecule has 0 fully saturated rings. The second-order valence-corrected chi connectivity index (χ2v) is 4.75. The number of nitriles is 1. The van der Waals surface area contributed by atoms with Gasteiger partial charge < -0.3 is 16.0 Å². The van der Waals surface area contributed by atoms with Crippen LogP contribution in [-0.2, 0) is 4.79 Å². The maximum atomic E-state index is 12.3. The molecule has 0 saturated carbocycles. The van der Waals surface area contributed by atoms with Gasteiger partial charge in [-0.25, -0.2) is 0 Å². The van der Waals surface area contributed by atoms with Crippen LogP contribution in [0.15, 0.2) is 55.3 Å². The van der Waals surface area contributed by atoms with Crippen LogP contribution in [0, 0.1) is 11.3 Å². The number of anilines is 2. The Morgan fingerprint density at radius 3 is 2.55 bits per heavy atom. The van der Waals surface area contributed by atoms with E-state index in [1.54, 1.807) is 30.4 Å². The lowest BCUT2D eigenvalue weighted by Crippen LogP contribution is -2.32. The third-order valence-electron chi connectivity index (χ3n) is 2.70. The zero-order valence-corrected chi connectivity index (χ0v) is 12.8. The summed E-state index contributed by atoms with van der Waals surface area (Å²) >= 11 is 6.02. The molecule has 0 aliphatic heterocycles. The third-order valence-corrected chi connectivity index (χ3v) is 3.01. The fourth-order valence-electron chi connectivity index (χ4n) is 1.66. The van der Waals surface area contributed by atoms with Crippen LogP contribution in [0.2, 0.25) is 5.02 Å². The Labute approximate surface area is 135 Å². The average Bonchev–Trinajstić information content (AvgIpc) is 2.49. The number of nitrogens with two attached hydrogens (primary N) is 1. The van der Waals surface area contributed by atoms with E-state index in [1.807, 2.05) is 6.07 Å². The van der Waals surface area contributed by atoms with Gasteiger partial charge in [0.15, 0.2) is 0 Å². The number of amides is 1. The van der Waals surface area contributed by atoms with Crippen molar-refractivity contribution in [1.29, 1.82) is 5.26 Å². The molecular formula is C16H17ClN4O. The Morgan fingerprint density at radius 2 is 2.05 bits per heavy atom. The van der Waals surface area contributed by atoms with Gasteiger partial charge in [0.1, 0.15) is 11.6 Å². The van der Waals surface area contributed by atoms with Crippen molar-refractivity contribution in [3.05, 3.63) is 60.3 Å². The minimum absolute atomic E-state index is 0.0448. The highest BCUT2D eigenvalue weighted by atomic mass is 35.5. The number of nitrogen functional groups attached to an aromatic ring is 1. The summed E-state index contributed by atoms with van der Waals surface area (Å²) in [5.74, 6) is -0.415. The maximum absolute atomic E-state index is 12.3. The Kier molecular flexibility index (Phi) is 6.74. The van der Waals surface area contributed by atoms with Crippen molar-refractivity contribution >= 4 is 28.9 Å². The fraction of sp³-hybridized carbons (Fsp3) is 0.125. The summed E-state index contributed by atoms with van der Waals surface area (Å²) < 4.78 is 0. The molecule has 1 rings (SSSR count). The number of rotatable bonds is 7. The lowest BCUT2D eigenvalue weighted by molar-refractivity contribution is -0.125. The largest absolute Gasteiger partial charge is 0.399 e. The normalized spacial score (nSPS) is 10.5. The number of halogens is 1. The maximum Gasteiger partial charge on any atom is 0.266 e. The molecule has 6 heteroatoms. The van der Waals surface area contributed by atoms with Crippen molar-refractivity contribution in [2.75, 3.05) is 24.1 Å². The quantitative estimate of drug-likeness (QED) is 0.351. The number of hydrogen-bond acceptors (Lipinski definition) is 4. The van der Waals surface area contributed by atoms with Crippen LogP contribution < -0.4 is 11.1 Å². The number of nitrogens with zero attached hydrogens (tertiary/aromatic N) is 2. The molecule has 3 N–H and O–H groups in total. The number of carbonyl (C=O) groups excluding carboxylic acids is 1. The average molecular weight is 317 g/mol. The zero-order valence-electron chi connectivity index (χ0n) is 12.1. The van der Waals surface area contributed by atoms with Crippen molar-refractivity contribution in [3.8, 4) is 6.07 Å². The first kappa shape index (κ1) is 17.3. The SMILES string of the molecule is C=CCN(CC=C)C(=O)/C(C#N)=C\Nc1ccc(N)cc1Cl. The Morgan fingerprint density at radius 1 is 1.41 bits per heavy atom. The van der Waals surface area contributed by atoms with Crippen LogP contribution in [0.4, 0.5) is 11.4 Å². The van der Waals surface area contributed by atoms with Crippen LogP contribution >= 0.6 is 11.6 Å². The summed E-state index contributed by atoms with van der Waals surface area (Å²) in [7, 11) is 0. The molecule has 5 nitrogen and oxygen atoms in total. The molecule has 0 aliphatic rings. The van der Waals surface area contributed by atoms with E-state index in [2.05, 4.69) is 18.5 Å². The molecule has 0 heterocycles. The van der Waals surface area contributed by atoms with Crippen molar-refractivity contribution in [2.24, 2.45) is 0 Å². The van der Waals surface area contributed by atoms with Crippen LogP contribution in [-0.4, -0.2) is 23.9 Å². The van der Waals surface area contributed by atoms with Gasteiger partial charge >= 0.3 is 0 Å². The van der Waals surface area contributed by atoms with Gasteiger partial charge in [-0.3, -0.25) is 4.79 Å². The molecule has 0 spiro atoms. The molecule has 114 valence electrons. The number of carbonyl (C=O) groups is 1. The van der Waals surface area contributed by atoms with Crippen molar-refractivity contribution in [1.82, 2.24) is 4.90 Å². The zero-order chi connectivity index (χ0) is 16.5. The van der Waals surface area contributed by atoms with Gasteiger partial charge in [-0.15, -0.1) is 13.2 Å². The summed E-state index contributed by atoms with van der Waals surface area (Å²) in [5, 5.41) is 12.4. The first-order chi connectivity index (χ1) is 10.5.